The van der Waals surface area contributed by atoms with E-state index in [9.17, 15) is 4.79 Å². The third-order valence-electron chi connectivity index (χ3n) is 2.74. The summed E-state index contributed by atoms with van der Waals surface area (Å²) in [5, 5.41) is 11.2. The second kappa shape index (κ2) is 5.83. The molecule has 0 saturated heterocycles. The van der Waals surface area contributed by atoms with Gasteiger partial charge in [0.1, 0.15) is 6.42 Å². The molecule has 2 aromatic rings. The van der Waals surface area contributed by atoms with Gasteiger partial charge in [-0.05, 0) is 30.2 Å². The average molecular weight is 250 g/mol. The minimum atomic E-state index is -0.288. The van der Waals surface area contributed by atoms with E-state index >= 15 is 0 Å². The molecule has 0 spiro atoms. The van der Waals surface area contributed by atoms with Gasteiger partial charge in [-0.2, -0.15) is 5.26 Å². The molecule has 0 aliphatic heterocycles. The summed E-state index contributed by atoms with van der Waals surface area (Å²) in [5.74, 6) is -0.288. The normalized spacial score (nSPS) is 9.68. The molecule has 0 aliphatic carbocycles. The molecule has 3 heteroatoms. The van der Waals surface area contributed by atoms with Gasteiger partial charge in [0.15, 0.2) is 0 Å². The summed E-state index contributed by atoms with van der Waals surface area (Å²) in [6, 6.07) is 17.6. The average Bonchev–Trinajstić information content (AvgIpc) is 2.39. The Hall–Kier alpha value is -2.60. The number of hydrogen-bond acceptors (Lipinski definition) is 2. The topological polar surface area (TPSA) is 52.9 Å². The first-order valence-electron chi connectivity index (χ1n) is 6.03. The number of carbonyl (C=O) groups excluding carboxylic acids is 1. The van der Waals surface area contributed by atoms with E-state index in [1.165, 1.54) is 5.56 Å². The van der Waals surface area contributed by atoms with E-state index in [0.717, 1.165) is 11.1 Å². The van der Waals surface area contributed by atoms with E-state index < -0.39 is 0 Å². The van der Waals surface area contributed by atoms with Crippen molar-refractivity contribution in [2.45, 2.75) is 13.3 Å². The van der Waals surface area contributed by atoms with Crippen LogP contribution in [0.1, 0.15) is 12.0 Å². The lowest BCUT2D eigenvalue weighted by Gasteiger charge is -2.07. The van der Waals surface area contributed by atoms with Crippen LogP contribution < -0.4 is 5.32 Å². The minimum Gasteiger partial charge on any atom is -0.325 e. The van der Waals surface area contributed by atoms with Crippen LogP contribution in [-0.4, -0.2) is 5.91 Å². The van der Waals surface area contributed by atoms with E-state index in [-0.39, 0.29) is 12.3 Å². The van der Waals surface area contributed by atoms with Crippen molar-refractivity contribution in [1.82, 2.24) is 0 Å². The molecular weight excluding hydrogens is 236 g/mol. The summed E-state index contributed by atoms with van der Waals surface area (Å²) in [4.78, 5) is 11.4. The number of nitriles is 1. The largest absolute Gasteiger partial charge is 0.325 e. The molecule has 0 aromatic heterocycles. The highest BCUT2D eigenvalue weighted by Crippen LogP contribution is 2.23. The van der Waals surface area contributed by atoms with Crippen molar-refractivity contribution in [3.8, 4) is 17.2 Å². The number of anilines is 1. The van der Waals surface area contributed by atoms with Crippen LogP contribution in [0.3, 0.4) is 0 Å². The van der Waals surface area contributed by atoms with Gasteiger partial charge in [0, 0.05) is 5.69 Å². The predicted octanol–water partition coefficient (Wildman–Crippen LogP) is 3.51. The summed E-state index contributed by atoms with van der Waals surface area (Å²) in [7, 11) is 0. The zero-order chi connectivity index (χ0) is 13.7. The monoisotopic (exact) mass is 250 g/mol. The quantitative estimate of drug-likeness (QED) is 0.906. The smallest absolute Gasteiger partial charge is 0.238 e. The molecule has 0 unspecified atom stereocenters. The van der Waals surface area contributed by atoms with Crippen LogP contribution in [-0.2, 0) is 4.79 Å². The number of amides is 1. The van der Waals surface area contributed by atoms with Gasteiger partial charge < -0.3 is 5.32 Å². The first kappa shape index (κ1) is 12.8. The van der Waals surface area contributed by atoms with Gasteiger partial charge in [0.05, 0.1) is 6.07 Å². The van der Waals surface area contributed by atoms with Gasteiger partial charge in [-0.15, -0.1) is 0 Å². The van der Waals surface area contributed by atoms with E-state index in [4.69, 9.17) is 5.26 Å². The van der Waals surface area contributed by atoms with Gasteiger partial charge in [0.2, 0.25) is 5.91 Å². The fraction of sp³-hybridized carbons (Fsp3) is 0.125. The zero-order valence-corrected chi connectivity index (χ0v) is 10.7. The number of rotatable bonds is 3. The molecule has 0 bridgehead atoms. The third-order valence-corrected chi connectivity index (χ3v) is 2.74. The second-order valence-corrected chi connectivity index (χ2v) is 4.33. The number of nitrogens with one attached hydrogen (secondary N) is 1. The van der Waals surface area contributed by atoms with Crippen molar-refractivity contribution in [2.75, 3.05) is 5.32 Å². The standard InChI is InChI=1S/C16H14N2O/c1-12-4-2-5-13(10-12)14-6-3-7-15(11-14)18-16(19)8-9-17/h2-7,10-11H,8H2,1H3,(H,18,19). The Kier molecular flexibility index (Phi) is 3.94. The lowest BCUT2D eigenvalue weighted by Crippen LogP contribution is -2.09. The third kappa shape index (κ3) is 3.43. The van der Waals surface area contributed by atoms with Crippen molar-refractivity contribution in [3.63, 3.8) is 0 Å². The summed E-state index contributed by atoms with van der Waals surface area (Å²) in [6.45, 7) is 2.04. The van der Waals surface area contributed by atoms with Crippen molar-refractivity contribution in [3.05, 3.63) is 54.1 Å². The number of benzene rings is 2. The van der Waals surface area contributed by atoms with E-state index in [2.05, 4.69) is 11.4 Å². The van der Waals surface area contributed by atoms with Crippen LogP contribution in [0.2, 0.25) is 0 Å². The van der Waals surface area contributed by atoms with Crippen LogP contribution in [0.4, 0.5) is 5.69 Å². The van der Waals surface area contributed by atoms with Crippen molar-refractivity contribution in [2.24, 2.45) is 0 Å². The number of carbonyl (C=O) groups is 1. The predicted molar refractivity (Wildman–Crippen MR) is 75.5 cm³/mol. The van der Waals surface area contributed by atoms with Crippen molar-refractivity contribution < 1.29 is 4.79 Å². The molecule has 0 aliphatic rings. The lowest BCUT2D eigenvalue weighted by atomic mass is 10.0. The number of hydrogen-bond donors (Lipinski definition) is 1. The van der Waals surface area contributed by atoms with E-state index in [1.54, 1.807) is 0 Å². The summed E-state index contributed by atoms with van der Waals surface area (Å²) < 4.78 is 0. The number of aryl methyl sites for hydroxylation is 1. The molecule has 0 fully saturated rings. The summed E-state index contributed by atoms with van der Waals surface area (Å²) in [6.07, 6.45) is -0.130. The Morgan fingerprint density at radius 1 is 1.16 bits per heavy atom. The Morgan fingerprint density at radius 2 is 1.84 bits per heavy atom. The highest BCUT2D eigenvalue weighted by Gasteiger charge is 2.03. The van der Waals surface area contributed by atoms with Gasteiger partial charge in [0.25, 0.3) is 0 Å². The first-order valence-corrected chi connectivity index (χ1v) is 6.03. The first-order chi connectivity index (χ1) is 9.19. The molecule has 19 heavy (non-hydrogen) atoms. The Labute approximate surface area is 112 Å². The summed E-state index contributed by atoms with van der Waals surface area (Å²) in [5.41, 5.74) is 4.05. The molecule has 1 amide bonds. The van der Waals surface area contributed by atoms with Crippen LogP contribution in [0, 0.1) is 18.3 Å². The SMILES string of the molecule is Cc1cccc(-c2cccc(NC(=O)CC#N)c2)c1. The molecule has 94 valence electrons. The maximum atomic E-state index is 11.4. The van der Waals surface area contributed by atoms with Gasteiger partial charge in [-0.3, -0.25) is 4.79 Å². The van der Waals surface area contributed by atoms with E-state index in [0.29, 0.717) is 5.69 Å². The summed E-state index contributed by atoms with van der Waals surface area (Å²) >= 11 is 0. The van der Waals surface area contributed by atoms with Crippen LogP contribution in [0.25, 0.3) is 11.1 Å². The molecular formula is C16H14N2O. The van der Waals surface area contributed by atoms with E-state index in [1.807, 2.05) is 55.5 Å². The lowest BCUT2D eigenvalue weighted by molar-refractivity contribution is -0.115. The van der Waals surface area contributed by atoms with Crippen LogP contribution in [0.5, 0.6) is 0 Å². The molecule has 1 N–H and O–H groups in total. The highest BCUT2D eigenvalue weighted by atomic mass is 16.1. The molecule has 3 nitrogen and oxygen atoms in total. The maximum absolute atomic E-state index is 11.4. The van der Waals surface area contributed by atoms with Crippen molar-refractivity contribution in [1.29, 1.82) is 5.26 Å². The Balaban J connectivity index is 2.25. The fourth-order valence-corrected chi connectivity index (χ4v) is 1.88. The van der Waals surface area contributed by atoms with Crippen LogP contribution in [0.15, 0.2) is 48.5 Å². The zero-order valence-electron chi connectivity index (χ0n) is 10.7. The maximum Gasteiger partial charge on any atom is 0.238 e. The minimum absolute atomic E-state index is 0.130. The van der Waals surface area contributed by atoms with Gasteiger partial charge in [-0.25, -0.2) is 0 Å². The molecule has 0 atom stereocenters. The molecule has 0 radical (unpaired) electrons. The van der Waals surface area contributed by atoms with Crippen molar-refractivity contribution >= 4 is 11.6 Å². The highest BCUT2D eigenvalue weighted by molar-refractivity contribution is 5.92. The molecule has 2 rings (SSSR count). The Morgan fingerprint density at radius 3 is 2.53 bits per heavy atom. The molecule has 2 aromatic carbocycles. The molecule has 0 heterocycles. The van der Waals surface area contributed by atoms with Crippen LogP contribution >= 0.6 is 0 Å². The second-order valence-electron chi connectivity index (χ2n) is 4.33. The fourth-order valence-electron chi connectivity index (χ4n) is 1.88. The van der Waals surface area contributed by atoms with Gasteiger partial charge >= 0.3 is 0 Å². The van der Waals surface area contributed by atoms with Gasteiger partial charge in [-0.1, -0.05) is 42.0 Å². The Bertz CT molecular complexity index is 641. The molecule has 0 saturated carbocycles. The number of nitrogens with zero attached hydrogens (tertiary/aromatic N) is 1.